The van der Waals surface area contributed by atoms with E-state index >= 15 is 0 Å². The number of nitrogens with zero attached hydrogens (tertiary/aromatic N) is 2. The first-order chi connectivity index (χ1) is 8.91. The Kier molecular flexibility index (Phi) is 5.57. The second kappa shape index (κ2) is 6.94. The van der Waals surface area contributed by atoms with E-state index in [1.165, 1.54) is 0 Å². The molecule has 0 spiro atoms. The van der Waals surface area contributed by atoms with Crippen LogP contribution in [-0.4, -0.2) is 43.1 Å². The van der Waals surface area contributed by atoms with Gasteiger partial charge in [-0.2, -0.15) is 0 Å². The third-order valence-corrected chi connectivity index (χ3v) is 2.42. The van der Waals surface area contributed by atoms with E-state index < -0.39 is 4.92 Å². The van der Waals surface area contributed by atoms with Gasteiger partial charge in [-0.1, -0.05) is 6.07 Å². The average molecular weight is 267 g/mol. The SMILES string of the molecule is CC(C)Oc1cccc(NCCN(C)C)c1[N+](=O)[O-]. The second-order valence-electron chi connectivity index (χ2n) is 4.81. The second-order valence-corrected chi connectivity index (χ2v) is 4.81. The molecule has 0 bridgehead atoms. The summed E-state index contributed by atoms with van der Waals surface area (Å²) in [6.07, 6.45) is -0.101. The van der Waals surface area contributed by atoms with Gasteiger partial charge in [-0.15, -0.1) is 0 Å². The van der Waals surface area contributed by atoms with Crippen molar-refractivity contribution in [2.45, 2.75) is 20.0 Å². The highest BCUT2D eigenvalue weighted by Crippen LogP contribution is 2.35. The minimum atomic E-state index is -0.407. The van der Waals surface area contributed by atoms with Crippen molar-refractivity contribution in [3.63, 3.8) is 0 Å². The zero-order valence-electron chi connectivity index (χ0n) is 11.8. The third kappa shape index (κ3) is 4.75. The van der Waals surface area contributed by atoms with Crippen molar-refractivity contribution in [1.82, 2.24) is 4.90 Å². The third-order valence-electron chi connectivity index (χ3n) is 2.42. The maximum absolute atomic E-state index is 11.2. The van der Waals surface area contributed by atoms with Crippen LogP contribution in [0.2, 0.25) is 0 Å². The van der Waals surface area contributed by atoms with Crippen molar-refractivity contribution < 1.29 is 9.66 Å². The number of hydrogen-bond donors (Lipinski definition) is 1. The molecule has 0 aromatic heterocycles. The Balaban J connectivity index is 2.93. The van der Waals surface area contributed by atoms with Crippen LogP contribution in [0.15, 0.2) is 18.2 Å². The van der Waals surface area contributed by atoms with Crippen molar-refractivity contribution in [3.05, 3.63) is 28.3 Å². The molecule has 1 aromatic rings. The zero-order valence-corrected chi connectivity index (χ0v) is 11.8. The summed E-state index contributed by atoms with van der Waals surface area (Å²) in [4.78, 5) is 12.8. The molecular weight excluding hydrogens is 246 g/mol. The van der Waals surface area contributed by atoms with Crippen molar-refractivity contribution >= 4 is 11.4 Å². The number of benzene rings is 1. The largest absolute Gasteiger partial charge is 0.484 e. The van der Waals surface area contributed by atoms with Gasteiger partial charge in [0.25, 0.3) is 0 Å². The lowest BCUT2D eigenvalue weighted by Crippen LogP contribution is -2.21. The molecule has 1 rings (SSSR count). The first-order valence-corrected chi connectivity index (χ1v) is 6.24. The Hall–Kier alpha value is -1.82. The first-order valence-electron chi connectivity index (χ1n) is 6.24. The van der Waals surface area contributed by atoms with Crippen LogP contribution in [0, 0.1) is 10.1 Å². The van der Waals surface area contributed by atoms with Gasteiger partial charge in [0.2, 0.25) is 0 Å². The molecule has 6 heteroatoms. The molecule has 0 fully saturated rings. The lowest BCUT2D eigenvalue weighted by Gasteiger charge is -2.14. The Morgan fingerprint density at radius 1 is 1.42 bits per heavy atom. The van der Waals surface area contributed by atoms with Crippen LogP contribution in [0.4, 0.5) is 11.4 Å². The Bertz CT molecular complexity index is 433. The van der Waals surface area contributed by atoms with E-state index in [4.69, 9.17) is 4.74 Å². The van der Waals surface area contributed by atoms with Gasteiger partial charge in [0.1, 0.15) is 5.69 Å². The summed E-state index contributed by atoms with van der Waals surface area (Å²) in [6.45, 7) is 5.12. The van der Waals surface area contributed by atoms with E-state index in [1.807, 2.05) is 32.8 Å². The van der Waals surface area contributed by atoms with Crippen LogP contribution < -0.4 is 10.1 Å². The van der Waals surface area contributed by atoms with Crippen LogP contribution in [0.1, 0.15) is 13.8 Å². The van der Waals surface area contributed by atoms with E-state index in [1.54, 1.807) is 18.2 Å². The van der Waals surface area contributed by atoms with Crippen molar-refractivity contribution in [1.29, 1.82) is 0 Å². The molecule has 0 saturated carbocycles. The highest BCUT2D eigenvalue weighted by Gasteiger charge is 2.21. The summed E-state index contributed by atoms with van der Waals surface area (Å²) in [5, 5.41) is 14.3. The van der Waals surface area contributed by atoms with E-state index in [0.717, 1.165) is 6.54 Å². The fourth-order valence-corrected chi connectivity index (χ4v) is 1.62. The van der Waals surface area contributed by atoms with Gasteiger partial charge < -0.3 is 15.0 Å². The predicted octanol–water partition coefficient (Wildman–Crippen LogP) is 2.36. The van der Waals surface area contributed by atoms with Crippen LogP contribution in [-0.2, 0) is 0 Å². The molecule has 0 radical (unpaired) electrons. The van der Waals surface area contributed by atoms with Gasteiger partial charge >= 0.3 is 5.69 Å². The molecule has 6 nitrogen and oxygen atoms in total. The molecule has 106 valence electrons. The smallest absolute Gasteiger partial charge is 0.333 e. The fraction of sp³-hybridized carbons (Fsp3) is 0.538. The van der Waals surface area contributed by atoms with Gasteiger partial charge in [0.15, 0.2) is 5.75 Å². The maximum Gasteiger partial charge on any atom is 0.333 e. The molecule has 0 atom stereocenters. The van der Waals surface area contributed by atoms with Crippen LogP contribution >= 0.6 is 0 Å². The number of rotatable bonds is 7. The Morgan fingerprint density at radius 2 is 2.11 bits per heavy atom. The van der Waals surface area contributed by atoms with Gasteiger partial charge in [-0.3, -0.25) is 10.1 Å². The molecule has 0 aliphatic carbocycles. The predicted molar refractivity (Wildman–Crippen MR) is 75.9 cm³/mol. The molecule has 1 aromatic carbocycles. The molecule has 0 heterocycles. The minimum Gasteiger partial charge on any atom is -0.484 e. The van der Waals surface area contributed by atoms with Gasteiger partial charge in [-0.05, 0) is 40.1 Å². The van der Waals surface area contributed by atoms with Gasteiger partial charge in [-0.25, -0.2) is 0 Å². The summed E-state index contributed by atoms with van der Waals surface area (Å²) >= 11 is 0. The summed E-state index contributed by atoms with van der Waals surface area (Å²) in [5.74, 6) is 0.301. The first kappa shape index (κ1) is 15.2. The Labute approximate surface area is 113 Å². The fourth-order valence-electron chi connectivity index (χ4n) is 1.62. The lowest BCUT2D eigenvalue weighted by molar-refractivity contribution is -0.385. The topological polar surface area (TPSA) is 67.6 Å². The zero-order chi connectivity index (χ0) is 14.4. The summed E-state index contributed by atoms with van der Waals surface area (Å²) in [6, 6.07) is 5.07. The van der Waals surface area contributed by atoms with Gasteiger partial charge in [0, 0.05) is 13.1 Å². The van der Waals surface area contributed by atoms with Crippen LogP contribution in [0.25, 0.3) is 0 Å². The molecule has 0 saturated heterocycles. The minimum absolute atomic E-state index is 0.00467. The lowest BCUT2D eigenvalue weighted by atomic mass is 10.2. The van der Waals surface area contributed by atoms with E-state index in [2.05, 4.69) is 5.32 Å². The van der Waals surface area contributed by atoms with Gasteiger partial charge in [0.05, 0.1) is 11.0 Å². The number of nitro benzene ring substituents is 1. The molecule has 1 N–H and O–H groups in total. The number of nitrogens with one attached hydrogen (secondary N) is 1. The monoisotopic (exact) mass is 267 g/mol. The quantitative estimate of drug-likeness (QED) is 0.606. The van der Waals surface area contributed by atoms with E-state index in [-0.39, 0.29) is 11.8 Å². The summed E-state index contributed by atoms with van der Waals surface area (Å²) in [5.41, 5.74) is 0.486. The molecular formula is C13H21N3O3. The molecule has 0 unspecified atom stereocenters. The van der Waals surface area contributed by atoms with E-state index in [0.29, 0.717) is 18.0 Å². The van der Waals surface area contributed by atoms with Crippen LogP contribution in [0.5, 0.6) is 5.75 Å². The summed E-state index contributed by atoms with van der Waals surface area (Å²) in [7, 11) is 3.91. The van der Waals surface area contributed by atoms with Crippen LogP contribution in [0.3, 0.4) is 0 Å². The summed E-state index contributed by atoms with van der Waals surface area (Å²) < 4.78 is 5.48. The average Bonchev–Trinajstić information content (AvgIpc) is 2.27. The van der Waals surface area contributed by atoms with Crippen molar-refractivity contribution in [2.24, 2.45) is 0 Å². The highest BCUT2D eigenvalue weighted by atomic mass is 16.6. The number of anilines is 1. The standard InChI is InChI=1S/C13H21N3O3/c1-10(2)19-12-7-5-6-11(13(12)16(17)18)14-8-9-15(3)4/h5-7,10,14H,8-9H2,1-4H3. The molecule has 0 amide bonds. The number of ether oxygens (including phenoxy) is 1. The van der Waals surface area contributed by atoms with Crippen molar-refractivity contribution in [3.8, 4) is 5.75 Å². The maximum atomic E-state index is 11.2. The van der Waals surface area contributed by atoms with E-state index in [9.17, 15) is 10.1 Å². The highest BCUT2D eigenvalue weighted by molar-refractivity contribution is 5.68. The molecule has 0 aliphatic rings. The number of nitro groups is 1. The Morgan fingerprint density at radius 3 is 2.63 bits per heavy atom. The molecule has 19 heavy (non-hydrogen) atoms. The number of para-hydroxylation sites is 1. The normalized spacial score (nSPS) is 10.8. The molecule has 0 aliphatic heterocycles. The number of likely N-dealkylation sites (N-methyl/N-ethyl adjacent to an activating group) is 1. The number of hydrogen-bond acceptors (Lipinski definition) is 5. The van der Waals surface area contributed by atoms with Crippen molar-refractivity contribution in [2.75, 3.05) is 32.5 Å².